The Morgan fingerprint density at radius 2 is 2.00 bits per heavy atom. The highest BCUT2D eigenvalue weighted by molar-refractivity contribution is 7.16. The zero-order chi connectivity index (χ0) is 17.7. The van der Waals surface area contributed by atoms with Crippen molar-refractivity contribution in [3.8, 4) is 0 Å². The van der Waals surface area contributed by atoms with Crippen molar-refractivity contribution in [3.05, 3.63) is 58.7 Å². The standard InChI is InChI=1S/C20H15ClN4S/c1-2-11-4-3-5-14-13-7-6-12(10-16(13)23-17(11)14)22-18-15-8-9-26-19(15)25-20(21)24-18/h3-10,23H,2H2,1H3,(H,22,24,25). The quantitative estimate of drug-likeness (QED) is 0.363. The summed E-state index contributed by atoms with van der Waals surface area (Å²) in [5, 5.41) is 9.10. The predicted octanol–water partition coefficient (Wildman–Crippen LogP) is 6.29. The summed E-state index contributed by atoms with van der Waals surface area (Å²) in [5.74, 6) is 0.728. The number of hydrogen-bond donors (Lipinski definition) is 2. The van der Waals surface area contributed by atoms with E-state index in [2.05, 4.69) is 63.6 Å². The summed E-state index contributed by atoms with van der Waals surface area (Å²) in [6, 6.07) is 14.8. The van der Waals surface area contributed by atoms with Crippen LogP contribution in [0.15, 0.2) is 47.8 Å². The molecular weight excluding hydrogens is 364 g/mol. The second-order valence-corrected chi connectivity index (χ2v) is 7.42. The van der Waals surface area contributed by atoms with Crippen LogP contribution in [-0.2, 0) is 6.42 Å². The first kappa shape index (κ1) is 15.6. The van der Waals surface area contributed by atoms with E-state index in [1.807, 2.05) is 11.4 Å². The van der Waals surface area contributed by atoms with Crippen molar-refractivity contribution in [2.45, 2.75) is 13.3 Å². The van der Waals surface area contributed by atoms with E-state index in [-0.39, 0.29) is 5.28 Å². The van der Waals surface area contributed by atoms with Crippen LogP contribution in [0.1, 0.15) is 12.5 Å². The molecule has 3 aromatic heterocycles. The summed E-state index contributed by atoms with van der Waals surface area (Å²) in [4.78, 5) is 13.1. The second-order valence-electron chi connectivity index (χ2n) is 6.18. The lowest BCUT2D eigenvalue weighted by Gasteiger charge is -2.07. The molecular formula is C20H15ClN4S. The number of halogens is 1. The summed E-state index contributed by atoms with van der Waals surface area (Å²) in [6.45, 7) is 2.18. The molecule has 26 heavy (non-hydrogen) atoms. The Labute approximate surface area is 158 Å². The summed E-state index contributed by atoms with van der Waals surface area (Å²) in [6.07, 6.45) is 1.00. The monoisotopic (exact) mass is 378 g/mol. The first-order valence-electron chi connectivity index (χ1n) is 8.44. The van der Waals surface area contributed by atoms with Gasteiger partial charge in [-0.2, -0.15) is 4.98 Å². The largest absolute Gasteiger partial charge is 0.354 e. The first-order chi connectivity index (χ1) is 12.7. The fourth-order valence-electron chi connectivity index (χ4n) is 3.42. The molecule has 0 aliphatic rings. The third-order valence-corrected chi connectivity index (χ3v) is 5.64. The number of aryl methyl sites for hydroxylation is 1. The highest BCUT2D eigenvalue weighted by Crippen LogP contribution is 2.32. The summed E-state index contributed by atoms with van der Waals surface area (Å²) < 4.78 is 0. The van der Waals surface area contributed by atoms with Gasteiger partial charge in [0.1, 0.15) is 10.6 Å². The Balaban J connectivity index is 1.63. The van der Waals surface area contributed by atoms with E-state index in [0.717, 1.165) is 33.7 Å². The Morgan fingerprint density at radius 1 is 1.08 bits per heavy atom. The molecule has 5 aromatic rings. The van der Waals surface area contributed by atoms with Crippen LogP contribution < -0.4 is 5.32 Å². The SMILES string of the molecule is CCc1cccc2c1[nH]c1cc(Nc3nc(Cl)nc4sccc34)ccc12. The number of nitrogens with zero attached hydrogens (tertiary/aromatic N) is 2. The van der Waals surface area contributed by atoms with E-state index in [1.54, 1.807) is 11.3 Å². The number of aromatic nitrogens is 3. The summed E-state index contributed by atoms with van der Waals surface area (Å²) >= 11 is 7.62. The molecule has 0 atom stereocenters. The van der Waals surface area contributed by atoms with Crippen molar-refractivity contribution in [3.63, 3.8) is 0 Å². The molecule has 128 valence electrons. The number of anilines is 2. The average molecular weight is 379 g/mol. The van der Waals surface area contributed by atoms with Gasteiger partial charge in [0, 0.05) is 27.5 Å². The molecule has 0 unspecified atom stereocenters. The topological polar surface area (TPSA) is 53.6 Å². The zero-order valence-corrected chi connectivity index (χ0v) is 15.6. The van der Waals surface area contributed by atoms with Gasteiger partial charge in [0.05, 0.1) is 5.39 Å². The van der Waals surface area contributed by atoms with Gasteiger partial charge < -0.3 is 10.3 Å². The van der Waals surface area contributed by atoms with E-state index in [0.29, 0.717) is 0 Å². The molecule has 0 spiro atoms. The number of rotatable bonds is 3. The number of H-pyrrole nitrogens is 1. The lowest BCUT2D eigenvalue weighted by Crippen LogP contribution is -1.95. The van der Waals surface area contributed by atoms with Gasteiger partial charge in [-0.15, -0.1) is 11.3 Å². The fraction of sp³-hybridized carbons (Fsp3) is 0.100. The van der Waals surface area contributed by atoms with E-state index in [4.69, 9.17) is 11.6 Å². The van der Waals surface area contributed by atoms with E-state index in [9.17, 15) is 0 Å². The molecule has 0 amide bonds. The highest BCUT2D eigenvalue weighted by atomic mass is 35.5. The minimum absolute atomic E-state index is 0.252. The van der Waals surface area contributed by atoms with Gasteiger partial charge in [-0.25, -0.2) is 4.98 Å². The maximum atomic E-state index is 6.07. The molecule has 6 heteroatoms. The van der Waals surface area contributed by atoms with Crippen LogP contribution in [0.2, 0.25) is 5.28 Å². The van der Waals surface area contributed by atoms with Crippen molar-refractivity contribution in [2.75, 3.05) is 5.32 Å². The van der Waals surface area contributed by atoms with Gasteiger partial charge in [0.25, 0.3) is 0 Å². The van der Waals surface area contributed by atoms with Gasteiger partial charge >= 0.3 is 0 Å². The van der Waals surface area contributed by atoms with Crippen molar-refractivity contribution in [1.82, 2.24) is 15.0 Å². The Morgan fingerprint density at radius 3 is 2.88 bits per heavy atom. The second kappa shape index (κ2) is 5.97. The average Bonchev–Trinajstić information content (AvgIpc) is 3.25. The van der Waals surface area contributed by atoms with Crippen molar-refractivity contribution in [2.24, 2.45) is 0 Å². The summed E-state index contributed by atoms with van der Waals surface area (Å²) in [7, 11) is 0. The first-order valence-corrected chi connectivity index (χ1v) is 9.70. The van der Waals surface area contributed by atoms with Crippen LogP contribution in [0.5, 0.6) is 0 Å². The van der Waals surface area contributed by atoms with Gasteiger partial charge in [0.15, 0.2) is 0 Å². The third kappa shape index (κ3) is 2.43. The summed E-state index contributed by atoms with van der Waals surface area (Å²) in [5.41, 5.74) is 4.61. The molecule has 0 radical (unpaired) electrons. The van der Waals surface area contributed by atoms with Crippen molar-refractivity contribution < 1.29 is 0 Å². The van der Waals surface area contributed by atoms with E-state index >= 15 is 0 Å². The minimum Gasteiger partial charge on any atom is -0.354 e. The molecule has 0 fully saturated rings. The van der Waals surface area contributed by atoms with Gasteiger partial charge in [-0.05, 0) is 47.2 Å². The zero-order valence-electron chi connectivity index (χ0n) is 14.0. The van der Waals surface area contributed by atoms with E-state index < -0.39 is 0 Å². The number of benzene rings is 2. The smallest absolute Gasteiger partial charge is 0.225 e. The number of para-hydroxylation sites is 1. The van der Waals surface area contributed by atoms with Crippen molar-refractivity contribution in [1.29, 1.82) is 0 Å². The van der Waals surface area contributed by atoms with Crippen LogP contribution >= 0.6 is 22.9 Å². The molecule has 0 aliphatic carbocycles. The number of aromatic amines is 1. The molecule has 4 nitrogen and oxygen atoms in total. The number of fused-ring (bicyclic) bond motifs is 4. The molecule has 0 aliphatic heterocycles. The molecule has 2 N–H and O–H groups in total. The number of hydrogen-bond acceptors (Lipinski definition) is 4. The van der Waals surface area contributed by atoms with Crippen LogP contribution in [-0.4, -0.2) is 15.0 Å². The van der Waals surface area contributed by atoms with Crippen LogP contribution in [0.4, 0.5) is 11.5 Å². The Bertz CT molecular complexity index is 1270. The van der Waals surface area contributed by atoms with E-state index in [1.165, 1.54) is 21.9 Å². The molecule has 0 saturated heterocycles. The molecule has 5 rings (SSSR count). The third-order valence-electron chi connectivity index (χ3n) is 4.66. The van der Waals surface area contributed by atoms with Crippen LogP contribution in [0.25, 0.3) is 32.0 Å². The lowest BCUT2D eigenvalue weighted by molar-refractivity contribution is 1.15. The van der Waals surface area contributed by atoms with Crippen LogP contribution in [0.3, 0.4) is 0 Å². The minimum atomic E-state index is 0.252. The maximum Gasteiger partial charge on any atom is 0.225 e. The Hall–Kier alpha value is -2.63. The maximum absolute atomic E-state index is 6.07. The van der Waals surface area contributed by atoms with Gasteiger partial charge in [-0.1, -0.05) is 31.2 Å². The molecule has 2 aromatic carbocycles. The van der Waals surface area contributed by atoms with Crippen molar-refractivity contribution >= 4 is 66.5 Å². The predicted molar refractivity (Wildman–Crippen MR) is 111 cm³/mol. The fourth-order valence-corrected chi connectivity index (χ4v) is 4.41. The highest BCUT2D eigenvalue weighted by Gasteiger charge is 2.11. The molecule has 3 heterocycles. The van der Waals surface area contributed by atoms with Gasteiger partial charge in [-0.3, -0.25) is 0 Å². The van der Waals surface area contributed by atoms with Gasteiger partial charge in [0.2, 0.25) is 5.28 Å². The Kier molecular flexibility index (Phi) is 3.58. The molecule has 0 bridgehead atoms. The number of nitrogens with one attached hydrogen (secondary N) is 2. The molecule has 0 saturated carbocycles. The normalized spacial score (nSPS) is 11.6. The van der Waals surface area contributed by atoms with Crippen LogP contribution in [0, 0.1) is 0 Å². The number of thiophene rings is 1. The lowest BCUT2D eigenvalue weighted by atomic mass is 10.1.